The van der Waals surface area contributed by atoms with Crippen LogP contribution in [0.25, 0.3) is 0 Å². The summed E-state index contributed by atoms with van der Waals surface area (Å²) in [7, 11) is 1.52. The number of likely N-dealkylation sites (tertiary alicyclic amines) is 1. The van der Waals surface area contributed by atoms with Crippen molar-refractivity contribution in [2.45, 2.75) is 25.7 Å². The van der Waals surface area contributed by atoms with Gasteiger partial charge >= 0.3 is 0 Å². The molecule has 1 amide bonds. The van der Waals surface area contributed by atoms with Crippen LogP contribution in [0.1, 0.15) is 35.2 Å². The average Bonchev–Trinajstić information content (AvgIpc) is 2.56. The van der Waals surface area contributed by atoms with Gasteiger partial charge in [0.2, 0.25) is 0 Å². The largest absolute Gasteiger partial charge is 0.504 e. The second-order valence-electron chi connectivity index (χ2n) is 6.09. The van der Waals surface area contributed by atoms with Gasteiger partial charge in [0.1, 0.15) is 0 Å². The second kappa shape index (κ2) is 6.57. The summed E-state index contributed by atoms with van der Waals surface area (Å²) < 4.78 is 5.12. The highest BCUT2D eigenvalue weighted by molar-refractivity contribution is 5.97. The van der Waals surface area contributed by atoms with Crippen LogP contribution in [0.3, 0.4) is 0 Å². The number of carbonyl (C=O) groups excluding carboxylic acids is 1. The number of piperidine rings is 1. The van der Waals surface area contributed by atoms with Crippen LogP contribution in [0, 0.1) is 0 Å². The number of phenolic OH excluding ortho intramolecular Hbond substituents is 1. The van der Waals surface area contributed by atoms with Crippen molar-refractivity contribution in [2.24, 2.45) is 0 Å². The minimum Gasteiger partial charge on any atom is -0.504 e. The molecule has 1 aromatic carbocycles. The number of aromatic hydroxyl groups is 1. The Morgan fingerprint density at radius 3 is 2.64 bits per heavy atom. The topological polar surface area (TPSA) is 53.0 Å². The van der Waals surface area contributed by atoms with E-state index in [1.807, 2.05) is 4.90 Å². The number of amides is 1. The molecule has 0 aromatic heterocycles. The van der Waals surface area contributed by atoms with E-state index < -0.39 is 0 Å². The Hall–Kier alpha value is -1.75. The molecular weight excluding hydrogens is 280 g/mol. The third kappa shape index (κ3) is 2.90. The maximum atomic E-state index is 12.6. The first-order valence-corrected chi connectivity index (χ1v) is 8.11. The molecule has 0 aliphatic carbocycles. The van der Waals surface area contributed by atoms with Crippen LogP contribution < -0.4 is 4.74 Å². The average molecular weight is 304 g/mol. The summed E-state index contributed by atoms with van der Waals surface area (Å²) in [5.41, 5.74) is 1.33. The van der Waals surface area contributed by atoms with Crippen molar-refractivity contribution in [3.63, 3.8) is 0 Å². The first kappa shape index (κ1) is 15.2. The van der Waals surface area contributed by atoms with Crippen LogP contribution >= 0.6 is 0 Å². The van der Waals surface area contributed by atoms with Gasteiger partial charge in [0.15, 0.2) is 11.5 Å². The normalized spacial score (nSPS) is 19.1. The van der Waals surface area contributed by atoms with Crippen LogP contribution in [0.5, 0.6) is 11.5 Å². The first-order valence-electron chi connectivity index (χ1n) is 8.11. The second-order valence-corrected chi connectivity index (χ2v) is 6.09. The van der Waals surface area contributed by atoms with Gasteiger partial charge in [0.05, 0.1) is 7.11 Å². The quantitative estimate of drug-likeness (QED) is 0.923. The molecular formula is C17H24N2O3. The summed E-state index contributed by atoms with van der Waals surface area (Å²) in [6.45, 7) is 4.68. The van der Waals surface area contributed by atoms with Gasteiger partial charge in [-0.15, -0.1) is 0 Å². The summed E-state index contributed by atoms with van der Waals surface area (Å²) in [6, 6.07) is 3.43. The van der Waals surface area contributed by atoms with Crippen LogP contribution in [0.15, 0.2) is 12.1 Å². The van der Waals surface area contributed by atoms with E-state index in [0.717, 1.165) is 31.7 Å². The SMILES string of the molecule is COc1ccc2c(c1O)CCN(CCN1CCCCC1)C2=O. The lowest BCUT2D eigenvalue weighted by Gasteiger charge is -2.33. The van der Waals surface area contributed by atoms with E-state index in [-0.39, 0.29) is 11.7 Å². The van der Waals surface area contributed by atoms with Gasteiger partial charge in [-0.2, -0.15) is 0 Å². The van der Waals surface area contributed by atoms with Crippen molar-refractivity contribution in [3.05, 3.63) is 23.3 Å². The van der Waals surface area contributed by atoms with Gasteiger partial charge < -0.3 is 19.6 Å². The molecule has 0 atom stereocenters. The summed E-state index contributed by atoms with van der Waals surface area (Å²) in [5.74, 6) is 0.577. The molecule has 0 saturated carbocycles. The molecule has 5 heteroatoms. The Morgan fingerprint density at radius 2 is 1.91 bits per heavy atom. The van der Waals surface area contributed by atoms with Gasteiger partial charge in [0.25, 0.3) is 5.91 Å². The number of nitrogens with zero attached hydrogens (tertiary/aromatic N) is 2. The Bertz CT molecular complexity index is 553. The summed E-state index contributed by atoms with van der Waals surface area (Å²) in [6.07, 6.45) is 4.55. The smallest absolute Gasteiger partial charge is 0.254 e. The lowest BCUT2D eigenvalue weighted by atomic mass is 9.97. The van der Waals surface area contributed by atoms with Gasteiger partial charge in [-0.1, -0.05) is 6.42 Å². The number of phenols is 1. The molecule has 5 nitrogen and oxygen atoms in total. The minimum absolute atomic E-state index is 0.0243. The number of ether oxygens (including phenoxy) is 1. The van der Waals surface area contributed by atoms with Crippen molar-refractivity contribution in [1.82, 2.24) is 9.80 Å². The molecule has 120 valence electrons. The molecule has 0 bridgehead atoms. The highest BCUT2D eigenvalue weighted by Crippen LogP contribution is 2.35. The fourth-order valence-electron chi connectivity index (χ4n) is 3.41. The fourth-order valence-corrected chi connectivity index (χ4v) is 3.41. The van der Waals surface area contributed by atoms with E-state index in [0.29, 0.717) is 24.3 Å². The lowest BCUT2D eigenvalue weighted by molar-refractivity contribution is 0.0711. The minimum atomic E-state index is 0.0243. The van der Waals surface area contributed by atoms with E-state index in [9.17, 15) is 9.90 Å². The number of methoxy groups -OCH3 is 1. The third-order valence-corrected chi connectivity index (χ3v) is 4.75. The van der Waals surface area contributed by atoms with E-state index >= 15 is 0 Å². The van der Waals surface area contributed by atoms with Gasteiger partial charge in [-0.25, -0.2) is 0 Å². The van der Waals surface area contributed by atoms with E-state index in [1.165, 1.54) is 26.4 Å². The van der Waals surface area contributed by atoms with Crippen LogP contribution in [0.2, 0.25) is 0 Å². The number of fused-ring (bicyclic) bond motifs is 1. The van der Waals surface area contributed by atoms with Crippen molar-refractivity contribution in [2.75, 3.05) is 39.8 Å². The molecule has 1 fully saturated rings. The van der Waals surface area contributed by atoms with E-state index in [2.05, 4.69) is 4.90 Å². The lowest BCUT2D eigenvalue weighted by Crippen LogP contribution is -2.43. The molecule has 1 N–H and O–H groups in total. The Balaban J connectivity index is 1.67. The maximum absolute atomic E-state index is 12.6. The number of rotatable bonds is 4. The highest BCUT2D eigenvalue weighted by atomic mass is 16.5. The monoisotopic (exact) mass is 304 g/mol. The molecule has 3 rings (SSSR count). The number of hydrogen-bond acceptors (Lipinski definition) is 4. The molecule has 0 spiro atoms. The molecule has 1 saturated heterocycles. The molecule has 2 aliphatic rings. The molecule has 0 unspecified atom stereocenters. The Morgan fingerprint density at radius 1 is 1.14 bits per heavy atom. The summed E-state index contributed by atoms with van der Waals surface area (Å²) in [5, 5.41) is 10.2. The maximum Gasteiger partial charge on any atom is 0.254 e. The summed E-state index contributed by atoms with van der Waals surface area (Å²) in [4.78, 5) is 16.9. The molecule has 2 aliphatic heterocycles. The predicted octanol–water partition coefficient (Wildman–Crippen LogP) is 1.89. The molecule has 0 radical (unpaired) electrons. The number of hydrogen-bond donors (Lipinski definition) is 1. The first-order chi connectivity index (χ1) is 10.7. The van der Waals surface area contributed by atoms with E-state index in [4.69, 9.17) is 4.74 Å². The van der Waals surface area contributed by atoms with Gasteiger partial charge in [0, 0.05) is 30.8 Å². The van der Waals surface area contributed by atoms with Crippen LogP contribution in [-0.4, -0.2) is 60.6 Å². The van der Waals surface area contributed by atoms with Crippen LogP contribution in [0.4, 0.5) is 0 Å². The zero-order chi connectivity index (χ0) is 15.5. The molecule has 2 heterocycles. The zero-order valence-corrected chi connectivity index (χ0v) is 13.2. The van der Waals surface area contributed by atoms with Crippen molar-refractivity contribution < 1.29 is 14.6 Å². The highest BCUT2D eigenvalue weighted by Gasteiger charge is 2.28. The third-order valence-electron chi connectivity index (χ3n) is 4.75. The number of benzene rings is 1. The van der Waals surface area contributed by atoms with Gasteiger partial charge in [-0.05, 0) is 44.5 Å². The Kier molecular flexibility index (Phi) is 4.52. The number of carbonyl (C=O) groups is 1. The van der Waals surface area contributed by atoms with E-state index in [1.54, 1.807) is 12.1 Å². The standard InChI is InChI=1S/C17H24N2O3/c1-22-15-6-5-14-13(16(15)20)7-10-19(17(14)21)12-11-18-8-3-2-4-9-18/h5-6,20H,2-4,7-12H2,1H3. The van der Waals surface area contributed by atoms with Gasteiger partial charge in [-0.3, -0.25) is 4.79 Å². The van der Waals surface area contributed by atoms with Crippen molar-refractivity contribution in [1.29, 1.82) is 0 Å². The van der Waals surface area contributed by atoms with Crippen molar-refractivity contribution in [3.8, 4) is 11.5 Å². The fraction of sp³-hybridized carbons (Fsp3) is 0.588. The molecule has 1 aromatic rings. The predicted molar refractivity (Wildman–Crippen MR) is 84.6 cm³/mol. The van der Waals surface area contributed by atoms with Crippen molar-refractivity contribution >= 4 is 5.91 Å². The van der Waals surface area contributed by atoms with Crippen LogP contribution in [-0.2, 0) is 6.42 Å². The Labute approximate surface area is 131 Å². The zero-order valence-electron chi connectivity index (χ0n) is 13.2. The molecule has 22 heavy (non-hydrogen) atoms. The summed E-state index contributed by atoms with van der Waals surface area (Å²) >= 11 is 0.